The zero-order valence-corrected chi connectivity index (χ0v) is 14.1. The van der Waals surface area contributed by atoms with E-state index in [1.165, 1.54) is 4.88 Å². The van der Waals surface area contributed by atoms with Crippen LogP contribution < -0.4 is 10.6 Å². The summed E-state index contributed by atoms with van der Waals surface area (Å²) in [6, 6.07) is 4.13. The van der Waals surface area contributed by atoms with E-state index in [9.17, 15) is 9.59 Å². The van der Waals surface area contributed by atoms with Gasteiger partial charge in [0.25, 0.3) is 0 Å². The van der Waals surface area contributed by atoms with Gasteiger partial charge in [-0.3, -0.25) is 4.79 Å². The van der Waals surface area contributed by atoms with E-state index < -0.39 is 0 Å². The molecule has 0 radical (unpaired) electrons. The average molecular weight is 323 g/mol. The normalized spacial score (nSPS) is 19.5. The third-order valence-corrected chi connectivity index (χ3v) is 4.96. The highest BCUT2D eigenvalue weighted by molar-refractivity contribution is 7.09. The molecule has 3 amide bonds. The van der Waals surface area contributed by atoms with E-state index in [1.807, 2.05) is 0 Å². The number of rotatable bonds is 5. The van der Waals surface area contributed by atoms with Crippen LogP contribution in [0.3, 0.4) is 0 Å². The summed E-state index contributed by atoms with van der Waals surface area (Å²) in [6.07, 6.45) is 2.73. The summed E-state index contributed by atoms with van der Waals surface area (Å²) in [5.74, 6) is 0.360. The van der Waals surface area contributed by atoms with Gasteiger partial charge < -0.3 is 15.5 Å². The van der Waals surface area contributed by atoms with Gasteiger partial charge in [-0.25, -0.2) is 4.79 Å². The van der Waals surface area contributed by atoms with Crippen molar-refractivity contribution in [2.24, 2.45) is 11.8 Å². The fourth-order valence-electron chi connectivity index (χ4n) is 2.80. The van der Waals surface area contributed by atoms with Gasteiger partial charge in [0.05, 0.1) is 5.92 Å². The van der Waals surface area contributed by atoms with Gasteiger partial charge in [-0.1, -0.05) is 13.0 Å². The molecule has 5 nitrogen and oxygen atoms in total. The SMILES string of the molecule is CNC(=O)[C@H]1CCCN(C(=O)NC[C@@H](C)Cc2cccs2)C1. The Bertz CT molecular complexity index is 490. The molecule has 2 atom stereocenters. The standard InChI is InChI=1S/C16H25N3O2S/c1-12(9-14-6-4-8-22-14)10-18-16(21)19-7-3-5-13(11-19)15(20)17-2/h4,6,8,12-13H,3,5,7,9-11H2,1-2H3,(H,17,20)(H,18,21)/t12-,13-/m0/s1. The van der Waals surface area contributed by atoms with Gasteiger partial charge in [-0.05, 0) is 36.6 Å². The molecule has 0 spiro atoms. The topological polar surface area (TPSA) is 61.4 Å². The number of nitrogens with one attached hydrogen (secondary N) is 2. The number of likely N-dealkylation sites (tertiary alicyclic amines) is 1. The molecular weight excluding hydrogens is 298 g/mol. The molecule has 22 heavy (non-hydrogen) atoms. The van der Waals surface area contributed by atoms with Crippen LogP contribution in [0.5, 0.6) is 0 Å². The Balaban J connectivity index is 1.75. The Morgan fingerprint density at radius 3 is 3.00 bits per heavy atom. The minimum atomic E-state index is -0.0759. The van der Waals surface area contributed by atoms with E-state index in [0.717, 1.165) is 25.8 Å². The maximum atomic E-state index is 12.2. The molecule has 122 valence electrons. The van der Waals surface area contributed by atoms with Gasteiger partial charge in [-0.2, -0.15) is 0 Å². The van der Waals surface area contributed by atoms with Crippen molar-refractivity contribution < 1.29 is 9.59 Å². The summed E-state index contributed by atoms with van der Waals surface area (Å²) in [6.45, 7) is 4.06. The lowest BCUT2D eigenvalue weighted by Gasteiger charge is -2.32. The van der Waals surface area contributed by atoms with Gasteiger partial charge in [-0.15, -0.1) is 11.3 Å². The Hall–Kier alpha value is -1.56. The summed E-state index contributed by atoms with van der Waals surface area (Å²) in [4.78, 5) is 27.1. The van der Waals surface area contributed by atoms with E-state index in [2.05, 4.69) is 35.1 Å². The van der Waals surface area contributed by atoms with Crippen molar-refractivity contribution in [1.29, 1.82) is 0 Å². The van der Waals surface area contributed by atoms with Crippen molar-refractivity contribution in [3.8, 4) is 0 Å². The van der Waals surface area contributed by atoms with E-state index in [4.69, 9.17) is 0 Å². The summed E-state index contributed by atoms with van der Waals surface area (Å²) >= 11 is 1.75. The molecule has 2 rings (SSSR count). The second-order valence-corrected chi connectivity index (χ2v) is 7.01. The first-order valence-corrected chi connectivity index (χ1v) is 8.75. The number of nitrogens with zero attached hydrogens (tertiary/aromatic N) is 1. The first-order valence-electron chi connectivity index (χ1n) is 7.87. The number of hydrogen-bond donors (Lipinski definition) is 2. The van der Waals surface area contributed by atoms with Crippen molar-refractivity contribution in [2.45, 2.75) is 26.2 Å². The number of hydrogen-bond acceptors (Lipinski definition) is 3. The summed E-state index contributed by atoms with van der Waals surface area (Å²) < 4.78 is 0. The molecule has 1 fully saturated rings. The maximum absolute atomic E-state index is 12.2. The second-order valence-electron chi connectivity index (χ2n) is 5.97. The smallest absolute Gasteiger partial charge is 0.317 e. The monoisotopic (exact) mass is 323 g/mol. The van der Waals surface area contributed by atoms with Crippen LogP contribution in [0.15, 0.2) is 17.5 Å². The Labute approximate surface area is 136 Å². The molecule has 0 aliphatic carbocycles. The van der Waals surface area contributed by atoms with Gasteiger partial charge in [0.1, 0.15) is 0 Å². The molecule has 1 aromatic heterocycles. The van der Waals surface area contributed by atoms with Crippen LogP contribution in [-0.4, -0.2) is 43.5 Å². The maximum Gasteiger partial charge on any atom is 0.317 e. The molecule has 2 N–H and O–H groups in total. The van der Waals surface area contributed by atoms with Crippen molar-refractivity contribution in [3.05, 3.63) is 22.4 Å². The molecule has 6 heteroatoms. The Morgan fingerprint density at radius 1 is 1.50 bits per heavy atom. The van der Waals surface area contributed by atoms with Crippen LogP contribution in [0.2, 0.25) is 0 Å². The molecule has 1 saturated heterocycles. The fourth-order valence-corrected chi connectivity index (χ4v) is 3.67. The molecular formula is C16H25N3O2S. The van der Waals surface area contributed by atoms with Gasteiger partial charge in [0.15, 0.2) is 0 Å². The largest absolute Gasteiger partial charge is 0.359 e. The molecule has 2 heterocycles. The van der Waals surface area contributed by atoms with Gasteiger partial charge in [0, 0.05) is 31.6 Å². The predicted octanol–water partition coefficient (Wildman–Crippen LogP) is 2.09. The fraction of sp³-hybridized carbons (Fsp3) is 0.625. The number of thiophene rings is 1. The highest BCUT2D eigenvalue weighted by Crippen LogP contribution is 2.17. The van der Waals surface area contributed by atoms with Crippen LogP contribution in [0.1, 0.15) is 24.6 Å². The Kier molecular flexibility index (Phi) is 6.24. The van der Waals surface area contributed by atoms with Crippen molar-refractivity contribution in [1.82, 2.24) is 15.5 Å². The number of carbonyl (C=O) groups excluding carboxylic acids is 2. The molecule has 1 aromatic rings. The minimum absolute atomic E-state index is 0.0311. The summed E-state index contributed by atoms with van der Waals surface area (Å²) in [5.41, 5.74) is 0. The molecule has 0 bridgehead atoms. The van der Waals surface area contributed by atoms with E-state index in [-0.39, 0.29) is 17.9 Å². The zero-order valence-electron chi connectivity index (χ0n) is 13.3. The first-order chi connectivity index (χ1) is 10.6. The van der Waals surface area contributed by atoms with Crippen LogP contribution >= 0.6 is 11.3 Å². The lowest BCUT2D eigenvalue weighted by molar-refractivity contribution is -0.125. The number of carbonyl (C=O) groups is 2. The average Bonchev–Trinajstić information content (AvgIpc) is 3.04. The van der Waals surface area contributed by atoms with Crippen LogP contribution in [0.4, 0.5) is 4.79 Å². The molecule has 0 unspecified atom stereocenters. The summed E-state index contributed by atoms with van der Waals surface area (Å²) in [5, 5.41) is 7.75. The Morgan fingerprint density at radius 2 is 2.32 bits per heavy atom. The van der Waals surface area contributed by atoms with E-state index in [1.54, 1.807) is 23.3 Å². The number of amides is 3. The van der Waals surface area contributed by atoms with Crippen molar-refractivity contribution >= 4 is 23.3 Å². The minimum Gasteiger partial charge on any atom is -0.359 e. The van der Waals surface area contributed by atoms with Crippen LogP contribution in [0, 0.1) is 11.8 Å². The third kappa shape index (κ3) is 4.73. The number of urea groups is 1. The highest BCUT2D eigenvalue weighted by atomic mass is 32.1. The van der Waals surface area contributed by atoms with Crippen LogP contribution in [0.25, 0.3) is 0 Å². The van der Waals surface area contributed by atoms with Gasteiger partial charge in [0.2, 0.25) is 5.91 Å². The summed E-state index contributed by atoms with van der Waals surface area (Å²) in [7, 11) is 1.65. The molecule has 1 aliphatic heterocycles. The van der Waals surface area contributed by atoms with E-state index in [0.29, 0.717) is 19.0 Å². The lowest BCUT2D eigenvalue weighted by Crippen LogP contribution is -2.49. The van der Waals surface area contributed by atoms with Crippen molar-refractivity contribution in [2.75, 3.05) is 26.7 Å². The first kappa shape index (κ1) is 16.8. The van der Waals surface area contributed by atoms with E-state index >= 15 is 0 Å². The van der Waals surface area contributed by atoms with Crippen LogP contribution in [-0.2, 0) is 11.2 Å². The molecule has 1 aliphatic rings. The second kappa shape index (κ2) is 8.17. The zero-order chi connectivity index (χ0) is 15.9. The predicted molar refractivity (Wildman–Crippen MR) is 88.9 cm³/mol. The van der Waals surface area contributed by atoms with Gasteiger partial charge >= 0.3 is 6.03 Å². The number of piperidine rings is 1. The lowest BCUT2D eigenvalue weighted by atomic mass is 9.97. The molecule has 0 aromatic carbocycles. The molecule has 0 saturated carbocycles. The third-order valence-electron chi connectivity index (χ3n) is 4.06. The highest BCUT2D eigenvalue weighted by Gasteiger charge is 2.27. The van der Waals surface area contributed by atoms with Crippen molar-refractivity contribution in [3.63, 3.8) is 0 Å². The quantitative estimate of drug-likeness (QED) is 0.872.